The molecule has 1 rings (SSSR count). The predicted molar refractivity (Wildman–Crippen MR) is 39.8 cm³/mol. The van der Waals surface area contributed by atoms with Crippen LogP contribution in [0.4, 0.5) is 5.69 Å². The molecule has 1 heterocycles. The Kier molecular flexibility index (Phi) is 2.35. The number of aromatic nitrogens is 1. The smallest absolute Gasteiger partial charge is 0.246 e. The molecule has 0 saturated carbocycles. The molecule has 1 N–H and O–H groups in total. The summed E-state index contributed by atoms with van der Waals surface area (Å²) < 4.78 is 28.0. The number of nitrogens with zero attached hydrogens (tertiary/aromatic N) is 1. The van der Waals surface area contributed by atoms with E-state index in [0.29, 0.717) is 0 Å². The van der Waals surface area contributed by atoms with Crippen LogP contribution < -0.4 is 4.72 Å². The summed E-state index contributed by atoms with van der Waals surface area (Å²) in [5.41, 5.74) is 0.269. The highest BCUT2D eigenvalue weighted by atomic mass is 35.5. The molecule has 0 atom stereocenters. The van der Waals surface area contributed by atoms with E-state index in [-0.39, 0.29) is 5.69 Å². The molecule has 0 aliphatic rings. The van der Waals surface area contributed by atoms with Gasteiger partial charge in [-0.25, -0.2) is 8.42 Å². The second-order valence-electron chi connectivity index (χ2n) is 1.74. The zero-order valence-corrected chi connectivity index (χ0v) is 6.89. The Balaban J connectivity index is 2.72. The van der Waals surface area contributed by atoms with Crippen LogP contribution in [0, 0.1) is 0 Å². The van der Waals surface area contributed by atoms with E-state index in [1.807, 2.05) is 0 Å². The Bertz CT molecular complexity index is 306. The summed E-state index contributed by atoms with van der Waals surface area (Å²) in [6.07, 6.45) is 2.41. The lowest BCUT2D eigenvalue weighted by Crippen LogP contribution is -2.12. The van der Waals surface area contributed by atoms with Crippen LogP contribution in [-0.2, 0) is 10.0 Å². The lowest BCUT2D eigenvalue weighted by molar-refractivity contribution is 0.420. The number of sulfonamides is 1. The Morgan fingerprint density at radius 3 is 2.91 bits per heavy atom. The molecule has 0 fully saturated rings. The molecule has 5 nitrogen and oxygen atoms in total. The van der Waals surface area contributed by atoms with E-state index in [4.69, 9.17) is 11.6 Å². The van der Waals surface area contributed by atoms with E-state index >= 15 is 0 Å². The second-order valence-corrected chi connectivity index (χ2v) is 4.05. The van der Waals surface area contributed by atoms with Crippen molar-refractivity contribution in [2.75, 3.05) is 9.93 Å². The van der Waals surface area contributed by atoms with Gasteiger partial charge in [0.25, 0.3) is 0 Å². The van der Waals surface area contributed by atoms with Crippen LogP contribution in [0.15, 0.2) is 17.0 Å². The first kappa shape index (κ1) is 8.35. The minimum absolute atomic E-state index is 0.269. The maximum absolute atomic E-state index is 10.8. The summed E-state index contributed by atoms with van der Waals surface area (Å²) in [5.74, 6) is 0. The van der Waals surface area contributed by atoms with Crippen molar-refractivity contribution < 1.29 is 12.9 Å². The fraction of sp³-hybridized carbons (Fsp3) is 0.250. The van der Waals surface area contributed by atoms with E-state index < -0.39 is 15.2 Å². The van der Waals surface area contributed by atoms with Gasteiger partial charge in [-0.1, -0.05) is 5.16 Å². The van der Waals surface area contributed by atoms with Crippen LogP contribution in [0.25, 0.3) is 0 Å². The third kappa shape index (κ3) is 2.39. The van der Waals surface area contributed by atoms with Gasteiger partial charge in [-0.3, -0.25) is 4.72 Å². The van der Waals surface area contributed by atoms with Crippen LogP contribution in [0.2, 0.25) is 0 Å². The van der Waals surface area contributed by atoms with Crippen molar-refractivity contribution in [1.29, 1.82) is 0 Å². The molecular formula is C4H5ClN2O3S. The molecule has 0 unspecified atom stereocenters. The molecule has 0 spiro atoms. The zero-order chi connectivity index (χ0) is 8.32. The average Bonchev–Trinajstić information content (AvgIpc) is 2.39. The van der Waals surface area contributed by atoms with Crippen molar-refractivity contribution >= 4 is 27.3 Å². The van der Waals surface area contributed by atoms with Crippen molar-refractivity contribution in [3.8, 4) is 0 Å². The minimum Gasteiger partial charge on any atom is -0.362 e. The third-order valence-electron chi connectivity index (χ3n) is 0.849. The molecule has 11 heavy (non-hydrogen) atoms. The third-order valence-corrected chi connectivity index (χ3v) is 2.55. The first-order chi connectivity index (χ1) is 5.14. The molecule has 0 radical (unpaired) electrons. The Morgan fingerprint density at radius 1 is 1.73 bits per heavy atom. The zero-order valence-electron chi connectivity index (χ0n) is 5.32. The maximum atomic E-state index is 10.8. The van der Waals surface area contributed by atoms with Gasteiger partial charge in [0.05, 0.1) is 6.20 Å². The molecule has 62 valence electrons. The number of hydrogen-bond donors (Lipinski definition) is 1. The van der Waals surface area contributed by atoms with Crippen LogP contribution in [0.1, 0.15) is 0 Å². The van der Waals surface area contributed by atoms with Crippen molar-refractivity contribution in [2.24, 2.45) is 0 Å². The largest absolute Gasteiger partial charge is 0.362 e. The number of hydrogen-bond acceptors (Lipinski definition) is 4. The molecule has 0 bridgehead atoms. The summed E-state index contributed by atoms with van der Waals surface area (Å²) in [6, 6.07) is 0. The summed E-state index contributed by atoms with van der Waals surface area (Å²) >= 11 is 5.11. The molecular weight excluding hydrogens is 192 g/mol. The maximum Gasteiger partial charge on any atom is 0.246 e. The van der Waals surface area contributed by atoms with Crippen molar-refractivity contribution in [3.63, 3.8) is 0 Å². The van der Waals surface area contributed by atoms with E-state index in [2.05, 4.69) is 14.4 Å². The second kappa shape index (κ2) is 3.10. The van der Waals surface area contributed by atoms with Gasteiger partial charge in [0.1, 0.15) is 17.2 Å². The van der Waals surface area contributed by atoms with Crippen LogP contribution in [0.3, 0.4) is 0 Å². The molecule has 0 aliphatic heterocycles. The van der Waals surface area contributed by atoms with E-state index in [0.717, 1.165) is 0 Å². The van der Waals surface area contributed by atoms with Gasteiger partial charge in [-0.05, 0) is 0 Å². The van der Waals surface area contributed by atoms with Gasteiger partial charge in [-0.15, -0.1) is 11.6 Å². The SMILES string of the molecule is O=S(=O)(CCl)Nc1cnoc1. The average molecular weight is 197 g/mol. The van der Waals surface area contributed by atoms with Gasteiger partial charge in [0, 0.05) is 0 Å². The number of rotatable bonds is 3. The number of anilines is 1. The molecule has 0 aromatic carbocycles. The van der Waals surface area contributed by atoms with E-state index in [1.54, 1.807) is 0 Å². The lowest BCUT2D eigenvalue weighted by Gasteiger charge is -1.98. The standard InChI is InChI=1S/C4H5ClN2O3S/c5-3-11(8,9)7-4-1-6-10-2-4/h1-2,7H,3H2. The van der Waals surface area contributed by atoms with Gasteiger partial charge in [0.2, 0.25) is 10.0 Å². The van der Waals surface area contributed by atoms with Crippen molar-refractivity contribution in [2.45, 2.75) is 0 Å². The summed E-state index contributed by atoms with van der Waals surface area (Å²) in [4.78, 5) is 0. The monoisotopic (exact) mass is 196 g/mol. The van der Waals surface area contributed by atoms with Gasteiger partial charge < -0.3 is 4.52 Å². The van der Waals surface area contributed by atoms with Crippen molar-refractivity contribution in [1.82, 2.24) is 5.16 Å². The Morgan fingerprint density at radius 2 is 2.45 bits per heavy atom. The van der Waals surface area contributed by atoms with Crippen LogP contribution in [0.5, 0.6) is 0 Å². The highest BCUT2D eigenvalue weighted by molar-refractivity contribution is 7.93. The highest BCUT2D eigenvalue weighted by Crippen LogP contribution is 2.06. The van der Waals surface area contributed by atoms with Crippen LogP contribution >= 0.6 is 11.6 Å². The first-order valence-electron chi connectivity index (χ1n) is 2.60. The van der Waals surface area contributed by atoms with Crippen molar-refractivity contribution in [3.05, 3.63) is 12.5 Å². The molecule has 0 aliphatic carbocycles. The predicted octanol–water partition coefficient (Wildman–Crippen LogP) is 0.613. The lowest BCUT2D eigenvalue weighted by atomic mass is 10.6. The Labute approximate surface area is 68.4 Å². The number of halogens is 1. The topological polar surface area (TPSA) is 72.2 Å². The fourth-order valence-electron chi connectivity index (χ4n) is 0.462. The molecule has 0 amide bonds. The Hall–Kier alpha value is -0.750. The quantitative estimate of drug-likeness (QED) is 0.720. The molecule has 1 aromatic heterocycles. The van der Waals surface area contributed by atoms with Gasteiger partial charge >= 0.3 is 0 Å². The van der Waals surface area contributed by atoms with Gasteiger partial charge in [-0.2, -0.15) is 0 Å². The van der Waals surface area contributed by atoms with E-state index in [9.17, 15) is 8.42 Å². The number of alkyl halides is 1. The molecule has 0 saturated heterocycles. The summed E-state index contributed by atoms with van der Waals surface area (Å²) in [5, 5.41) is 2.81. The minimum atomic E-state index is -3.43. The molecule has 1 aromatic rings. The highest BCUT2D eigenvalue weighted by Gasteiger charge is 2.08. The fourth-order valence-corrected chi connectivity index (χ4v) is 1.14. The van der Waals surface area contributed by atoms with Crippen LogP contribution in [-0.4, -0.2) is 18.8 Å². The number of nitrogens with one attached hydrogen (secondary N) is 1. The van der Waals surface area contributed by atoms with E-state index in [1.165, 1.54) is 12.5 Å². The first-order valence-corrected chi connectivity index (χ1v) is 4.78. The van der Waals surface area contributed by atoms with Gasteiger partial charge in [0.15, 0.2) is 0 Å². The normalized spacial score (nSPS) is 11.4. The summed E-state index contributed by atoms with van der Waals surface area (Å²) in [7, 11) is -3.43. The molecule has 7 heteroatoms. The summed E-state index contributed by atoms with van der Waals surface area (Å²) in [6.45, 7) is 0.